The van der Waals surface area contributed by atoms with Crippen LogP contribution >= 0.6 is 11.6 Å². The molecule has 0 spiro atoms. The van der Waals surface area contributed by atoms with Crippen molar-refractivity contribution in [3.63, 3.8) is 0 Å². The minimum Gasteiger partial charge on any atom is -0.322 e. The molecule has 0 unspecified atom stereocenters. The van der Waals surface area contributed by atoms with E-state index in [1.807, 2.05) is 4.72 Å². The molecule has 11 heteroatoms. The number of halogens is 1. The zero-order valence-corrected chi connectivity index (χ0v) is 17.2. The third kappa shape index (κ3) is 5.24. The molecule has 2 amide bonds. The van der Waals surface area contributed by atoms with Gasteiger partial charge >= 0.3 is 0 Å². The van der Waals surface area contributed by atoms with Crippen molar-refractivity contribution in [1.29, 1.82) is 0 Å². The summed E-state index contributed by atoms with van der Waals surface area (Å²) >= 11 is 5.74. The fourth-order valence-corrected chi connectivity index (χ4v) is 3.77. The van der Waals surface area contributed by atoms with Crippen LogP contribution in [0.4, 0.5) is 11.4 Å². The SMILES string of the molecule is O=C(Nc1cccc(S(=O)(=O)NC(=O)c2ccccc2)c1)c1ccc(Cl)c([N+](=O)[O-])c1. The normalized spacial score (nSPS) is 10.9. The highest BCUT2D eigenvalue weighted by molar-refractivity contribution is 7.90. The van der Waals surface area contributed by atoms with Crippen LogP contribution in [0.5, 0.6) is 0 Å². The first-order chi connectivity index (χ1) is 14.7. The lowest BCUT2D eigenvalue weighted by Crippen LogP contribution is -2.30. The van der Waals surface area contributed by atoms with Crippen LogP contribution in [0.15, 0.2) is 77.7 Å². The standard InChI is InChI=1S/C20H14ClN3O6S/c21-17-10-9-14(11-18(17)24(27)28)19(25)22-15-7-4-8-16(12-15)31(29,30)23-20(26)13-5-2-1-3-6-13/h1-12H,(H,22,25)(H,23,26). The number of nitrogens with one attached hydrogen (secondary N) is 2. The molecule has 0 radical (unpaired) electrons. The molecule has 0 aliphatic heterocycles. The summed E-state index contributed by atoms with van der Waals surface area (Å²) in [5.74, 6) is -1.51. The summed E-state index contributed by atoms with van der Waals surface area (Å²) < 4.78 is 27.1. The molecule has 0 aromatic heterocycles. The molecule has 0 saturated heterocycles. The maximum atomic E-state index is 12.5. The van der Waals surface area contributed by atoms with Crippen molar-refractivity contribution in [2.45, 2.75) is 4.90 Å². The number of amides is 2. The van der Waals surface area contributed by atoms with Gasteiger partial charge in [-0.25, -0.2) is 13.1 Å². The smallest absolute Gasteiger partial charge is 0.288 e. The van der Waals surface area contributed by atoms with Crippen LogP contribution in [0.2, 0.25) is 5.02 Å². The summed E-state index contributed by atoms with van der Waals surface area (Å²) in [7, 11) is -4.21. The van der Waals surface area contributed by atoms with E-state index in [0.29, 0.717) is 0 Å². The number of nitro groups is 1. The van der Waals surface area contributed by atoms with Crippen LogP contribution in [0.25, 0.3) is 0 Å². The quantitative estimate of drug-likeness (QED) is 0.427. The molecule has 0 heterocycles. The Labute approximate surface area is 181 Å². The van der Waals surface area contributed by atoms with E-state index in [2.05, 4.69) is 5.32 Å². The molecule has 158 valence electrons. The molecule has 9 nitrogen and oxygen atoms in total. The number of hydrogen-bond donors (Lipinski definition) is 2. The van der Waals surface area contributed by atoms with E-state index in [1.165, 1.54) is 42.5 Å². The van der Waals surface area contributed by atoms with Gasteiger partial charge in [0.05, 0.1) is 9.82 Å². The molecule has 3 aromatic carbocycles. The van der Waals surface area contributed by atoms with Crippen molar-refractivity contribution in [3.8, 4) is 0 Å². The maximum absolute atomic E-state index is 12.5. The minimum atomic E-state index is -4.21. The number of benzene rings is 3. The molecule has 2 N–H and O–H groups in total. The van der Waals surface area contributed by atoms with Gasteiger partial charge in [-0.2, -0.15) is 0 Å². The van der Waals surface area contributed by atoms with Gasteiger partial charge in [-0.1, -0.05) is 35.9 Å². The Morgan fingerprint density at radius 3 is 2.26 bits per heavy atom. The topological polar surface area (TPSA) is 135 Å². The Bertz CT molecular complexity index is 1280. The summed E-state index contributed by atoms with van der Waals surface area (Å²) in [6.45, 7) is 0. The van der Waals surface area contributed by atoms with Gasteiger partial charge in [0.2, 0.25) is 0 Å². The Hall–Kier alpha value is -3.76. The number of carbonyl (C=O) groups excluding carboxylic acids is 2. The predicted octanol–water partition coefficient (Wildman–Crippen LogP) is 3.62. The van der Waals surface area contributed by atoms with E-state index in [-0.39, 0.29) is 26.7 Å². The van der Waals surface area contributed by atoms with Gasteiger partial charge in [0.25, 0.3) is 27.5 Å². The number of nitrogens with zero attached hydrogens (tertiary/aromatic N) is 1. The van der Waals surface area contributed by atoms with Crippen LogP contribution < -0.4 is 10.0 Å². The van der Waals surface area contributed by atoms with Crippen LogP contribution in [0.3, 0.4) is 0 Å². The van der Waals surface area contributed by atoms with Crippen molar-refractivity contribution in [3.05, 3.63) is 99.1 Å². The molecule has 31 heavy (non-hydrogen) atoms. The van der Waals surface area contributed by atoms with Gasteiger partial charge in [0.1, 0.15) is 5.02 Å². The average Bonchev–Trinajstić information content (AvgIpc) is 2.74. The zero-order valence-electron chi connectivity index (χ0n) is 15.6. The lowest BCUT2D eigenvalue weighted by molar-refractivity contribution is -0.384. The van der Waals surface area contributed by atoms with E-state index >= 15 is 0 Å². The van der Waals surface area contributed by atoms with Crippen LogP contribution in [-0.4, -0.2) is 25.2 Å². The zero-order chi connectivity index (χ0) is 22.6. The fraction of sp³-hybridized carbons (Fsp3) is 0. The lowest BCUT2D eigenvalue weighted by atomic mass is 10.2. The van der Waals surface area contributed by atoms with Crippen LogP contribution in [0.1, 0.15) is 20.7 Å². The number of nitro benzene ring substituents is 1. The minimum absolute atomic E-state index is 0.0401. The third-order valence-electron chi connectivity index (χ3n) is 4.07. The molecule has 0 fully saturated rings. The Balaban J connectivity index is 1.80. The first-order valence-corrected chi connectivity index (χ1v) is 10.5. The summed E-state index contributed by atoms with van der Waals surface area (Å²) in [6, 6.07) is 16.6. The molecule has 3 aromatic rings. The van der Waals surface area contributed by atoms with Crippen LogP contribution in [0, 0.1) is 10.1 Å². The maximum Gasteiger partial charge on any atom is 0.288 e. The monoisotopic (exact) mass is 459 g/mol. The Kier molecular flexibility index (Phi) is 6.33. The molecular weight excluding hydrogens is 446 g/mol. The van der Waals surface area contributed by atoms with Gasteiger partial charge < -0.3 is 5.32 Å². The fourth-order valence-electron chi connectivity index (χ4n) is 2.57. The van der Waals surface area contributed by atoms with E-state index in [4.69, 9.17) is 11.6 Å². The highest BCUT2D eigenvalue weighted by atomic mass is 35.5. The second kappa shape index (κ2) is 8.94. The summed E-state index contributed by atoms with van der Waals surface area (Å²) in [5, 5.41) is 13.3. The summed E-state index contributed by atoms with van der Waals surface area (Å²) in [4.78, 5) is 34.6. The largest absolute Gasteiger partial charge is 0.322 e. The third-order valence-corrected chi connectivity index (χ3v) is 5.72. The number of hydrogen-bond acceptors (Lipinski definition) is 6. The van der Waals surface area contributed by atoms with Gasteiger partial charge in [-0.15, -0.1) is 0 Å². The summed E-state index contributed by atoms with van der Waals surface area (Å²) in [5.41, 5.74) is -0.200. The van der Waals surface area contributed by atoms with E-state index in [0.717, 1.165) is 12.1 Å². The van der Waals surface area contributed by atoms with Crippen molar-refractivity contribution < 1.29 is 22.9 Å². The van der Waals surface area contributed by atoms with E-state index in [9.17, 15) is 28.1 Å². The van der Waals surface area contributed by atoms with Gasteiger partial charge in [-0.05, 0) is 42.5 Å². The molecule has 0 aliphatic carbocycles. The second-order valence-corrected chi connectivity index (χ2v) is 8.30. The average molecular weight is 460 g/mol. The highest BCUT2D eigenvalue weighted by Gasteiger charge is 2.20. The van der Waals surface area contributed by atoms with Crippen molar-refractivity contribution in [1.82, 2.24) is 4.72 Å². The Morgan fingerprint density at radius 2 is 1.58 bits per heavy atom. The van der Waals surface area contributed by atoms with E-state index < -0.39 is 32.4 Å². The Morgan fingerprint density at radius 1 is 0.871 bits per heavy atom. The first kappa shape index (κ1) is 21.9. The predicted molar refractivity (Wildman–Crippen MR) is 114 cm³/mol. The molecule has 0 saturated carbocycles. The molecule has 0 bridgehead atoms. The molecule has 0 atom stereocenters. The van der Waals surface area contributed by atoms with Crippen LogP contribution in [-0.2, 0) is 10.0 Å². The molecule has 3 rings (SSSR count). The van der Waals surface area contributed by atoms with Gasteiger partial charge in [0, 0.05) is 22.9 Å². The van der Waals surface area contributed by atoms with Crippen molar-refractivity contribution in [2.24, 2.45) is 0 Å². The lowest BCUT2D eigenvalue weighted by Gasteiger charge is -2.10. The van der Waals surface area contributed by atoms with Gasteiger partial charge in [0.15, 0.2) is 0 Å². The van der Waals surface area contributed by atoms with E-state index in [1.54, 1.807) is 18.2 Å². The second-order valence-electron chi connectivity index (χ2n) is 6.21. The molecular formula is C20H14ClN3O6S. The molecule has 0 aliphatic rings. The summed E-state index contributed by atoms with van der Waals surface area (Å²) in [6.07, 6.45) is 0. The number of rotatable bonds is 6. The van der Waals surface area contributed by atoms with Crippen molar-refractivity contribution >= 4 is 44.8 Å². The first-order valence-electron chi connectivity index (χ1n) is 8.65. The van der Waals surface area contributed by atoms with Crippen molar-refractivity contribution in [2.75, 3.05) is 5.32 Å². The number of anilines is 1. The number of carbonyl (C=O) groups is 2. The van der Waals surface area contributed by atoms with Gasteiger partial charge in [-0.3, -0.25) is 19.7 Å². The number of sulfonamides is 1. The highest BCUT2D eigenvalue weighted by Crippen LogP contribution is 2.25.